The van der Waals surface area contributed by atoms with Crippen LogP contribution in [0.25, 0.3) is 0 Å². The van der Waals surface area contributed by atoms with E-state index in [2.05, 4.69) is 13.8 Å². The summed E-state index contributed by atoms with van der Waals surface area (Å²) in [5.74, 6) is 1.46. The van der Waals surface area contributed by atoms with Crippen LogP contribution in [0.2, 0.25) is 10.0 Å². The number of rotatable bonds is 3. The number of hydrogen-bond acceptors (Lipinski definition) is 1. The average Bonchev–Trinajstić information content (AvgIpc) is 2.33. The highest BCUT2D eigenvalue weighted by Gasteiger charge is 2.34. The van der Waals surface area contributed by atoms with Crippen molar-refractivity contribution in [1.82, 2.24) is 0 Å². The molecule has 3 heteroatoms. The normalized spacial score (nSPS) is 27.8. The Labute approximate surface area is 125 Å². The number of halogens is 2. The summed E-state index contributed by atoms with van der Waals surface area (Å²) in [6.45, 7) is 4.54. The molecule has 19 heavy (non-hydrogen) atoms. The Morgan fingerprint density at radius 2 is 1.89 bits per heavy atom. The van der Waals surface area contributed by atoms with Crippen molar-refractivity contribution in [3.05, 3.63) is 33.8 Å². The van der Waals surface area contributed by atoms with E-state index in [1.807, 2.05) is 12.1 Å². The van der Waals surface area contributed by atoms with E-state index in [9.17, 15) is 5.11 Å². The molecule has 0 spiro atoms. The van der Waals surface area contributed by atoms with Crippen LogP contribution in [-0.2, 0) is 6.42 Å². The molecule has 1 aliphatic rings. The number of hydrogen-bond donors (Lipinski definition) is 1. The quantitative estimate of drug-likeness (QED) is 0.822. The second-order valence-electron chi connectivity index (χ2n) is 6.22. The van der Waals surface area contributed by atoms with Gasteiger partial charge in [0.1, 0.15) is 0 Å². The van der Waals surface area contributed by atoms with Crippen LogP contribution in [0.5, 0.6) is 0 Å². The minimum Gasteiger partial charge on any atom is -0.390 e. The summed E-state index contributed by atoms with van der Waals surface area (Å²) in [4.78, 5) is 0. The molecule has 0 unspecified atom stereocenters. The van der Waals surface area contributed by atoms with Crippen LogP contribution in [0.1, 0.15) is 45.1 Å². The van der Waals surface area contributed by atoms with Gasteiger partial charge in [-0.2, -0.15) is 0 Å². The maximum atomic E-state index is 10.7. The second kappa shape index (κ2) is 6.03. The molecule has 0 radical (unpaired) electrons. The molecule has 2 rings (SSSR count). The van der Waals surface area contributed by atoms with Crippen molar-refractivity contribution < 1.29 is 5.11 Å². The Morgan fingerprint density at radius 1 is 1.26 bits per heavy atom. The van der Waals surface area contributed by atoms with Gasteiger partial charge in [0.05, 0.1) is 5.60 Å². The van der Waals surface area contributed by atoms with Gasteiger partial charge in [-0.05, 0) is 55.2 Å². The van der Waals surface area contributed by atoms with Crippen molar-refractivity contribution in [2.75, 3.05) is 0 Å². The van der Waals surface area contributed by atoms with Gasteiger partial charge in [0.15, 0.2) is 0 Å². The van der Waals surface area contributed by atoms with Crippen molar-refractivity contribution in [3.8, 4) is 0 Å². The largest absolute Gasteiger partial charge is 0.390 e. The standard InChI is InChI=1S/C16H22Cl2O/c1-11(2)12-5-7-16(19,8-6-12)10-13-3-4-14(17)9-15(13)18/h3-4,9,11-12,19H,5-8,10H2,1-2H3. The Balaban J connectivity index is 2.03. The monoisotopic (exact) mass is 300 g/mol. The Morgan fingerprint density at radius 3 is 2.42 bits per heavy atom. The van der Waals surface area contributed by atoms with Gasteiger partial charge in [-0.1, -0.05) is 43.1 Å². The van der Waals surface area contributed by atoms with Gasteiger partial charge < -0.3 is 5.11 Å². The van der Waals surface area contributed by atoms with E-state index < -0.39 is 5.60 Å². The highest BCUT2D eigenvalue weighted by Crippen LogP contribution is 2.38. The van der Waals surface area contributed by atoms with Crippen molar-refractivity contribution in [2.24, 2.45) is 11.8 Å². The van der Waals surface area contributed by atoms with Crippen LogP contribution in [0.4, 0.5) is 0 Å². The minimum atomic E-state index is -0.594. The van der Waals surface area contributed by atoms with Crippen LogP contribution in [-0.4, -0.2) is 10.7 Å². The third-order valence-corrected chi connectivity index (χ3v) is 5.03. The molecule has 1 saturated carbocycles. The zero-order chi connectivity index (χ0) is 14.0. The summed E-state index contributed by atoms with van der Waals surface area (Å²) in [5.41, 5.74) is 0.402. The van der Waals surface area contributed by atoms with Gasteiger partial charge in [-0.3, -0.25) is 0 Å². The van der Waals surface area contributed by atoms with Crippen molar-refractivity contribution in [2.45, 2.75) is 51.6 Å². The molecule has 0 bridgehead atoms. The molecule has 0 aliphatic heterocycles. The highest BCUT2D eigenvalue weighted by molar-refractivity contribution is 6.35. The lowest BCUT2D eigenvalue weighted by molar-refractivity contribution is -0.0146. The van der Waals surface area contributed by atoms with Crippen LogP contribution < -0.4 is 0 Å². The summed E-state index contributed by atoms with van der Waals surface area (Å²) < 4.78 is 0. The predicted octanol–water partition coefficient (Wildman–Crippen LogP) is 5.11. The lowest BCUT2D eigenvalue weighted by Gasteiger charge is -2.37. The molecular formula is C16H22Cl2O. The van der Waals surface area contributed by atoms with Gasteiger partial charge in [-0.15, -0.1) is 0 Å². The van der Waals surface area contributed by atoms with E-state index in [0.29, 0.717) is 22.4 Å². The molecule has 0 amide bonds. The van der Waals surface area contributed by atoms with Crippen molar-refractivity contribution in [1.29, 1.82) is 0 Å². The lowest BCUT2D eigenvalue weighted by atomic mass is 9.72. The molecule has 1 aliphatic carbocycles. The Bertz CT molecular complexity index is 434. The van der Waals surface area contributed by atoms with Gasteiger partial charge in [0.2, 0.25) is 0 Å². The summed E-state index contributed by atoms with van der Waals surface area (Å²) in [5, 5.41) is 12.0. The molecule has 0 atom stereocenters. The van der Waals surface area contributed by atoms with E-state index in [1.165, 1.54) is 0 Å². The van der Waals surface area contributed by atoms with Crippen LogP contribution in [0.15, 0.2) is 18.2 Å². The van der Waals surface area contributed by atoms with Crippen molar-refractivity contribution in [3.63, 3.8) is 0 Å². The molecule has 106 valence electrons. The van der Waals surface area contributed by atoms with E-state index in [0.717, 1.165) is 37.2 Å². The van der Waals surface area contributed by atoms with E-state index >= 15 is 0 Å². The first-order valence-corrected chi connectivity index (χ1v) is 7.81. The minimum absolute atomic E-state index is 0.594. The fourth-order valence-corrected chi connectivity index (χ4v) is 3.52. The Hall–Kier alpha value is -0.240. The molecule has 0 aromatic heterocycles. The maximum Gasteiger partial charge on any atom is 0.0688 e. The molecule has 1 aromatic rings. The Kier molecular flexibility index (Phi) is 4.81. The van der Waals surface area contributed by atoms with Gasteiger partial charge in [0.25, 0.3) is 0 Å². The van der Waals surface area contributed by atoms with Crippen LogP contribution in [0.3, 0.4) is 0 Å². The second-order valence-corrected chi connectivity index (χ2v) is 7.06. The molecule has 0 heterocycles. The zero-order valence-electron chi connectivity index (χ0n) is 11.6. The van der Waals surface area contributed by atoms with Gasteiger partial charge >= 0.3 is 0 Å². The van der Waals surface area contributed by atoms with Crippen LogP contribution in [0, 0.1) is 11.8 Å². The maximum absolute atomic E-state index is 10.7. The lowest BCUT2D eigenvalue weighted by Crippen LogP contribution is -2.37. The SMILES string of the molecule is CC(C)C1CCC(O)(Cc2ccc(Cl)cc2Cl)CC1. The van der Waals surface area contributed by atoms with Crippen molar-refractivity contribution >= 4 is 23.2 Å². The zero-order valence-corrected chi connectivity index (χ0v) is 13.1. The average molecular weight is 301 g/mol. The smallest absolute Gasteiger partial charge is 0.0688 e. The molecular weight excluding hydrogens is 279 g/mol. The first-order chi connectivity index (χ1) is 8.89. The first-order valence-electron chi connectivity index (χ1n) is 7.06. The third kappa shape index (κ3) is 3.87. The van der Waals surface area contributed by atoms with E-state index in [1.54, 1.807) is 6.07 Å². The van der Waals surface area contributed by atoms with Gasteiger partial charge in [-0.25, -0.2) is 0 Å². The number of benzene rings is 1. The summed E-state index contributed by atoms with van der Waals surface area (Å²) in [7, 11) is 0. The molecule has 1 fully saturated rings. The molecule has 1 nitrogen and oxygen atoms in total. The summed E-state index contributed by atoms with van der Waals surface area (Å²) in [6, 6.07) is 5.52. The van der Waals surface area contributed by atoms with E-state index in [4.69, 9.17) is 23.2 Å². The predicted molar refractivity (Wildman–Crippen MR) is 81.9 cm³/mol. The van der Waals surface area contributed by atoms with Crippen LogP contribution >= 0.6 is 23.2 Å². The fraction of sp³-hybridized carbons (Fsp3) is 0.625. The first kappa shape index (κ1) is 15.2. The third-order valence-electron chi connectivity index (χ3n) is 4.44. The molecule has 1 N–H and O–H groups in total. The number of aliphatic hydroxyl groups is 1. The summed E-state index contributed by atoms with van der Waals surface area (Å²) in [6.07, 6.45) is 4.59. The summed E-state index contributed by atoms with van der Waals surface area (Å²) >= 11 is 12.1. The molecule has 1 aromatic carbocycles. The topological polar surface area (TPSA) is 20.2 Å². The van der Waals surface area contributed by atoms with Gasteiger partial charge in [0, 0.05) is 16.5 Å². The fourth-order valence-electron chi connectivity index (χ4n) is 3.04. The highest BCUT2D eigenvalue weighted by atomic mass is 35.5. The van der Waals surface area contributed by atoms with E-state index in [-0.39, 0.29) is 0 Å². The molecule has 0 saturated heterocycles.